The summed E-state index contributed by atoms with van der Waals surface area (Å²) in [4.78, 5) is 10.9. The summed E-state index contributed by atoms with van der Waals surface area (Å²) in [5, 5.41) is 10.7. The molecule has 5 nitrogen and oxygen atoms in total. The lowest BCUT2D eigenvalue weighted by Crippen LogP contribution is -2.32. The summed E-state index contributed by atoms with van der Waals surface area (Å²) >= 11 is 0. The molecule has 1 atom stereocenters. The number of ether oxygens (including phenoxy) is 2. The molecule has 2 rings (SSSR count). The van der Waals surface area contributed by atoms with Gasteiger partial charge in [0.1, 0.15) is 17.5 Å². The average Bonchev–Trinajstić information content (AvgIpc) is 2.46. The van der Waals surface area contributed by atoms with Crippen LogP contribution in [0.25, 0.3) is 10.8 Å². The SMILES string of the molecule is COc1ccc2c(OC)ccc(CC(N)C(=O)O)c2c1. The van der Waals surface area contributed by atoms with Crippen LogP contribution in [-0.2, 0) is 11.2 Å². The Kier molecular flexibility index (Phi) is 4.10. The van der Waals surface area contributed by atoms with Crippen molar-refractivity contribution in [1.29, 1.82) is 0 Å². The number of hydrogen-bond donors (Lipinski definition) is 2. The number of methoxy groups -OCH3 is 2. The van der Waals surface area contributed by atoms with Crippen molar-refractivity contribution in [3.8, 4) is 11.5 Å². The molecule has 0 aromatic heterocycles. The Morgan fingerprint density at radius 1 is 1.20 bits per heavy atom. The molecule has 3 N–H and O–H groups in total. The predicted molar refractivity (Wildman–Crippen MR) is 76.4 cm³/mol. The average molecular weight is 275 g/mol. The molecule has 20 heavy (non-hydrogen) atoms. The molecule has 0 bridgehead atoms. The molecule has 106 valence electrons. The molecule has 0 saturated heterocycles. The van der Waals surface area contributed by atoms with E-state index in [4.69, 9.17) is 20.3 Å². The fourth-order valence-corrected chi connectivity index (χ4v) is 2.17. The second-order valence-corrected chi connectivity index (χ2v) is 4.49. The Hall–Kier alpha value is -2.27. The molecular weight excluding hydrogens is 258 g/mol. The molecule has 1 unspecified atom stereocenters. The maximum Gasteiger partial charge on any atom is 0.320 e. The van der Waals surface area contributed by atoms with Gasteiger partial charge in [-0.3, -0.25) is 4.79 Å². The highest BCUT2D eigenvalue weighted by Gasteiger charge is 2.15. The number of nitrogens with two attached hydrogens (primary N) is 1. The van der Waals surface area contributed by atoms with Gasteiger partial charge in [-0.15, -0.1) is 0 Å². The number of hydrogen-bond acceptors (Lipinski definition) is 4. The van der Waals surface area contributed by atoms with Crippen LogP contribution in [0.4, 0.5) is 0 Å². The van der Waals surface area contributed by atoms with E-state index >= 15 is 0 Å². The molecule has 0 aliphatic rings. The van der Waals surface area contributed by atoms with Gasteiger partial charge >= 0.3 is 5.97 Å². The van der Waals surface area contributed by atoms with E-state index in [1.807, 2.05) is 30.3 Å². The third kappa shape index (κ3) is 2.67. The van der Waals surface area contributed by atoms with E-state index < -0.39 is 12.0 Å². The molecule has 0 saturated carbocycles. The number of carboxylic acids is 1. The van der Waals surface area contributed by atoms with Crippen molar-refractivity contribution in [2.45, 2.75) is 12.5 Å². The highest BCUT2D eigenvalue weighted by molar-refractivity contribution is 5.92. The second kappa shape index (κ2) is 5.79. The van der Waals surface area contributed by atoms with E-state index in [1.165, 1.54) is 0 Å². The van der Waals surface area contributed by atoms with E-state index in [0.29, 0.717) is 5.75 Å². The first-order valence-electron chi connectivity index (χ1n) is 6.19. The normalized spacial score (nSPS) is 12.2. The van der Waals surface area contributed by atoms with Crippen LogP contribution >= 0.6 is 0 Å². The topological polar surface area (TPSA) is 81.8 Å². The van der Waals surface area contributed by atoms with Crippen molar-refractivity contribution in [2.24, 2.45) is 5.73 Å². The number of aliphatic carboxylic acids is 1. The van der Waals surface area contributed by atoms with Crippen molar-refractivity contribution >= 4 is 16.7 Å². The van der Waals surface area contributed by atoms with Crippen LogP contribution in [0.2, 0.25) is 0 Å². The molecule has 0 heterocycles. The van der Waals surface area contributed by atoms with E-state index in [9.17, 15) is 4.79 Å². The highest BCUT2D eigenvalue weighted by Crippen LogP contribution is 2.31. The van der Waals surface area contributed by atoms with E-state index in [1.54, 1.807) is 14.2 Å². The van der Waals surface area contributed by atoms with Gasteiger partial charge in [-0.1, -0.05) is 6.07 Å². The first-order valence-corrected chi connectivity index (χ1v) is 6.19. The van der Waals surface area contributed by atoms with Crippen molar-refractivity contribution in [2.75, 3.05) is 14.2 Å². The van der Waals surface area contributed by atoms with Gasteiger partial charge in [-0.05, 0) is 41.6 Å². The van der Waals surface area contributed by atoms with Crippen LogP contribution in [0.15, 0.2) is 30.3 Å². The van der Waals surface area contributed by atoms with Crippen molar-refractivity contribution in [3.63, 3.8) is 0 Å². The van der Waals surface area contributed by atoms with Crippen LogP contribution in [0, 0.1) is 0 Å². The third-order valence-corrected chi connectivity index (χ3v) is 3.25. The smallest absolute Gasteiger partial charge is 0.320 e. The van der Waals surface area contributed by atoms with Gasteiger partial charge < -0.3 is 20.3 Å². The van der Waals surface area contributed by atoms with Gasteiger partial charge in [0.15, 0.2) is 0 Å². The summed E-state index contributed by atoms with van der Waals surface area (Å²) < 4.78 is 10.5. The van der Waals surface area contributed by atoms with Crippen LogP contribution in [0.1, 0.15) is 5.56 Å². The van der Waals surface area contributed by atoms with Gasteiger partial charge in [-0.2, -0.15) is 0 Å². The van der Waals surface area contributed by atoms with Crippen LogP contribution < -0.4 is 15.2 Å². The first kappa shape index (κ1) is 14.1. The Labute approximate surface area is 116 Å². The second-order valence-electron chi connectivity index (χ2n) is 4.49. The number of carbonyl (C=O) groups is 1. The third-order valence-electron chi connectivity index (χ3n) is 3.25. The summed E-state index contributed by atoms with van der Waals surface area (Å²) in [5.41, 5.74) is 6.47. The van der Waals surface area contributed by atoms with Crippen molar-refractivity contribution in [3.05, 3.63) is 35.9 Å². The minimum atomic E-state index is -1.02. The lowest BCUT2D eigenvalue weighted by atomic mass is 9.98. The molecule has 0 aliphatic carbocycles. The van der Waals surface area contributed by atoms with E-state index in [-0.39, 0.29) is 6.42 Å². The largest absolute Gasteiger partial charge is 0.497 e. The summed E-state index contributed by atoms with van der Waals surface area (Å²) in [6.45, 7) is 0. The van der Waals surface area contributed by atoms with Gasteiger partial charge in [0.2, 0.25) is 0 Å². The minimum Gasteiger partial charge on any atom is -0.497 e. The minimum absolute atomic E-state index is 0.253. The first-order chi connectivity index (χ1) is 9.56. The molecule has 2 aromatic rings. The Morgan fingerprint density at radius 2 is 1.95 bits per heavy atom. The summed E-state index contributed by atoms with van der Waals surface area (Å²) in [6, 6.07) is 8.32. The Balaban J connectivity index is 2.56. The molecule has 2 aromatic carbocycles. The highest BCUT2D eigenvalue weighted by atomic mass is 16.5. The van der Waals surface area contributed by atoms with Crippen LogP contribution in [0.3, 0.4) is 0 Å². The maximum atomic E-state index is 10.9. The lowest BCUT2D eigenvalue weighted by Gasteiger charge is -2.13. The number of benzene rings is 2. The van der Waals surface area contributed by atoms with Crippen LogP contribution in [0.5, 0.6) is 11.5 Å². The molecule has 0 aliphatic heterocycles. The monoisotopic (exact) mass is 275 g/mol. The zero-order chi connectivity index (χ0) is 14.7. The van der Waals surface area contributed by atoms with Gasteiger partial charge in [0, 0.05) is 5.39 Å². The zero-order valence-electron chi connectivity index (χ0n) is 11.4. The molecular formula is C15H17NO4. The van der Waals surface area contributed by atoms with Gasteiger partial charge in [0.05, 0.1) is 14.2 Å². The van der Waals surface area contributed by atoms with Crippen molar-refractivity contribution in [1.82, 2.24) is 0 Å². The van der Waals surface area contributed by atoms with Crippen LogP contribution in [-0.4, -0.2) is 31.3 Å². The Bertz CT molecular complexity index is 639. The summed E-state index contributed by atoms with van der Waals surface area (Å²) in [5.74, 6) is 0.420. The van der Waals surface area contributed by atoms with Crippen molar-refractivity contribution < 1.29 is 19.4 Å². The molecule has 0 fully saturated rings. The van der Waals surface area contributed by atoms with Gasteiger partial charge in [0.25, 0.3) is 0 Å². The molecule has 0 spiro atoms. The standard InChI is InChI=1S/C15H17NO4/c1-19-10-4-5-11-12(8-10)9(3-6-14(11)20-2)7-13(16)15(17)18/h3-6,8,13H,7,16H2,1-2H3,(H,17,18). The fourth-order valence-electron chi connectivity index (χ4n) is 2.17. The quantitative estimate of drug-likeness (QED) is 0.869. The molecule has 5 heteroatoms. The number of fused-ring (bicyclic) bond motifs is 1. The predicted octanol–water partition coefficient (Wildman–Crippen LogP) is 1.81. The summed E-state index contributed by atoms with van der Waals surface area (Å²) in [6.07, 6.45) is 0.253. The van der Waals surface area contributed by atoms with E-state index in [2.05, 4.69) is 0 Å². The summed E-state index contributed by atoms with van der Waals surface area (Å²) in [7, 11) is 3.19. The Morgan fingerprint density at radius 3 is 2.55 bits per heavy atom. The fraction of sp³-hybridized carbons (Fsp3) is 0.267. The number of carboxylic acid groups (broad SMARTS) is 1. The zero-order valence-corrected chi connectivity index (χ0v) is 11.4. The van der Waals surface area contributed by atoms with Gasteiger partial charge in [-0.25, -0.2) is 0 Å². The lowest BCUT2D eigenvalue weighted by molar-refractivity contribution is -0.138. The number of rotatable bonds is 5. The molecule has 0 radical (unpaired) electrons. The molecule has 0 amide bonds. The maximum absolute atomic E-state index is 10.9. The van der Waals surface area contributed by atoms with E-state index in [0.717, 1.165) is 22.1 Å².